The Morgan fingerprint density at radius 1 is 1.39 bits per heavy atom. The van der Waals surface area contributed by atoms with E-state index in [-0.39, 0.29) is 0 Å². The lowest BCUT2D eigenvalue weighted by Crippen LogP contribution is -2.13. The molecular formula is C13H17ClN4. The predicted molar refractivity (Wildman–Crippen MR) is 72.7 cm³/mol. The molecule has 0 saturated carbocycles. The summed E-state index contributed by atoms with van der Waals surface area (Å²) < 4.78 is 1.81. The summed E-state index contributed by atoms with van der Waals surface area (Å²) in [6, 6.07) is 6.05. The molecule has 1 aromatic heterocycles. The molecule has 0 spiro atoms. The molecule has 0 aliphatic heterocycles. The second-order valence-corrected chi connectivity index (χ2v) is 4.64. The Morgan fingerprint density at radius 2 is 2.22 bits per heavy atom. The zero-order chi connectivity index (χ0) is 13.0. The molecule has 2 rings (SSSR count). The first-order chi connectivity index (χ1) is 8.69. The monoisotopic (exact) mass is 264 g/mol. The Labute approximate surface area is 112 Å². The van der Waals surface area contributed by atoms with Gasteiger partial charge < -0.3 is 5.32 Å². The number of halogens is 1. The SMILES string of the molecule is CCNCc1ncn(Cc2ccc(C)cc2Cl)n1. The van der Waals surface area contributed by atoms with E-state index in [9.17, 15) is 0 Å². The van der Waals surface area contributed by atoms with Gasteiger partial charge in [0.2, 0.25) is 0 Å². The molecular weight excluding hydrogens is 248 g/mol. The molecule has 0 bridgehead atoms. The maximum atomic E-state index is 6.20. The Balaban J connectivity index is 2.06. The van der Waals surface area contributed by atoms with Crippen LogP contribution in [0.4, 0.5) is 0 Å². The van der Waals surface area contributed by atoms with Crippen molar-refractivity contribution < 1.29 is 0 Å². The quantitative estimate of drug-likeness (QED) is 0.902. The van der Waals surface area contributed by atoms with Crippen LogP contribution in [0.25, 0.3) is 0 Å². The molecule has 1 aromatic carbocycles. The first-order valence-corrected chi connectivity index (χ1v) is 6.41. The number of aryl methyl sites for hydroxylation is 1. The van der Waals surface area contributed by atoms with Crippen LogP contribution in [0.15, 0.2) is 24.5 Å². The van der Waals surface area contributed by atoms with E-state index >= 15 is 0 Å². The van der Waals surface area contributed by atoms with Crippen molar-refractivity contribution in [2.45, 2.75) is 26.9 Å². The molecule has 4 nitrogen and oxygen atoms in total. The van der Waals surface area contributed by atoms with E-state index in [0.717, 1.165) is 28.5 Å². The zero-order valence-corrected chi connectivity index (χ0v) is 11.4. The van der Waals surface area contributed by atoms with E-state index in [1.54, 1.807) is 6.33 Å². The number of benzene rings is 1. The van der Waals surface area contributed by atoms with Gasteiger partial charge in [-0.1, -0.05) is 30.7 Å². The van der Waals surface area contributed by atoms with Gasteiger partial charge in [0.15, 0.2) is 5.82 Å². The maximum absolute atomic E-state index is 6.20. The van der Waals surface area contributed by atoms with Crippen molar-refractivity contribution in [2.24, 2.45) is 0 Å². The zero-order valence-electron chi connectivity index (χ0n) is 10.7. The molecule has 0 radical (unpaired) electrons. The van der Waals surface area contributed by atoms with Crippen LogP contribution < -0.4 is 5.32 Å². The van der Waals surface area contributed by atoms with Crippen LogP contribution in [0.2, 0.25) is 5.02 Å². The highest BCUT2D eigenvalue weighted by atomic mass is 35.5. The van der Waals surface area contributed by atoms with Crippen LogP contribution in [0.1, 0.15) is 23.9 Å². The largest absolute Gasteiger partial charge is 0.310 e. The fraction of sp³-hybridized carbons (Fsp3) is 0.385. The van der Waals surface area contributed by atoms with Crippen molar-refractivity contribution in [1.29, 1.82) is 0 Å². The molecule has 2 aromatic rings. The lowest BCUT2D eigenvalue weighted by Gasteiger charge is -2.05. The van der Waals surface area contributed by atoms with Crippen molar-refractivity contribution >= 4 is 11.6 Å². The Hall–Kier alpha value is -1.39. The molecule has 0 amide bonds. The van der Waals surface area contributed by atoms with Crippen LogP contribution in [0.5, 0.6) is 0 Å². The van der Waals surface area contributed by atoms with Crippen molar-refractivity contribution in [3.8, 4) is 0 Å². The van der Waals surface area contributed by atoms with Gasteiger partial charge in [0, 0.05) is 5.02 Å². The Morgan fingerprint density at radius 3 is 2.94 bits per heavy atom. The normalized spacial score (nSPS) is 10.8. The fourth-order valence-electron chi connectivity index (χ4n) is 1.68. The summed E-state index contributed by atoms with van der Waals surface area (Å²) in [5, 5.41) is 8.36. The van der Waals surface area contributed by atoms with Crippen LogP contribution in [-0.2, 0) is 13.1 Å². The number of nitrogens with one attached hydrogen (secondary N) is 1. The first kappa shape index (κ1) is 13.1. The van der Waals surface area contributed by atoms with Crippen LogP contribution >= 0.6 is 11.6 Å². The third kappa shape index (κ3) is 3.31. The average molecular weight is 265 g/mol. The summed E-state index contributed by atoms with van der Waals surface area (Å²) in [5.74, 6) is 0.806. The van der Waals surface area contributed by atoms with Gasteiger partial charge in [0.1, 0.15) is 6.33 Å². The molecule has 18 heavy (non-hydrogen) atoms. The lowest BCUT2D eigenvalue weighted by atomic mass is 10.1. The maximum Gasteiger partial charge on any atom is 0.164 e. The minimum absolute atomic E-state index is 0.651. The van der Waals surface area contributed by atoms with Gasteiger partial charge in [-0.3, -0.25) is 0 Å². The van der Waals surface area contributed by atoms with Gasteiger partial charge >= 0.3 is 0 Å². The lowest BCUT2D eigenvalue weighted by molar-refractivity contribution is 0.643. The van der Waals surface area contributed by atoms with E-state index in [1.807, 2.05) is 23.7 Å². The van der Waals surface area contributed by atoms with Gasteiger partial charge in [0.05, 0.1) is 13.1 Å². The van der Waals surface area contributed by atoms with Crippen LogP contribution in [-0.4, -0.2) is 21.3 Å². The second-order valence-electron chi connectivity index (χ2n) is 4.23. The molecule has 5 heteroatoms. The van der Waals surface area contributed by atoms with Gasteiger partial charge in [-0.05, 0) is 30.7 Å². The number of nitrogens with zero attached hydrogens (tertiary/aromatic N) is 3. The third-order valence-corrected chi connectivity index (χ3v) is 3.01. The fourth-order valence-corrected chi connectivity index (χ4v) is 1.98. The molecule has 0 aliphatic rings. The summed E-state index contributed by atoms with van der Waals surface area (Å²) in [6.45, 7) is 6.35. The molecule has 96 valence electrons. The summed E-state index contributed by atoms with van der Waals surface area (Å²) >= 11 is 6.20. The van der Waals surface area contributed by atoms with Crippen LogP contribution in [0.3, 0.4) is 0 Å². The third-order valence-electron chi connectivity index (χ3n) is 2.66. The standard InChI is InChI=1S/C13H17ClN4/c1-3-15-7-13-16-9-18(17-13)8-11-5-4-10(2)6-12(11)14/h4-6,9,15H,3,7-8H2,1-2H3. The number of rotatable bonds is 5. The first-order valence-electron chi connectivity index (χ1n) is 6.03. The van der Waals surface area contributed by atoms with E-state index in [1.165, 1.54) is 0 Å². The summed E-state index contributed by atoms with van der Waals surface area (Å²) in [7, 11) is 0. The number of hydrogen-bond acceptors (Lipinski definition) is 3. The molecule has 0 unspecified atom stereocenters. The topological polar surface area (TPSA) is 42.7 Å². The van der Waals surface area contributed by atoms with Gasteiger partial charge in [-0.15, -0.1) is 0 Å². The van der Waals surface area contributed by atoms with Crippen molar-refractivity contribution in [3.63, 3.8) is 0 Å². The summed E-state index contributed by atoms with van der Waals surface area (Å²) in [5.41, 5.74) is 2.22. The second kappa shape index (κ2) is 5.98. The number of hydrogen-bond donors (Lipinski definition) is 1. The van der Waals surface area contributed by atoms with Gasteiger partial charge in [-0.2, -0.15) is 5.10 Å². The molecule has 0 fully saturated rings. The Bertz CT molecular complexity index is 521. The van der Waals surface area contributed by atoms with Gasteiger partial charge in [0.25, 0.3) is 0 Å². The van der Waals surface area contributed by atoms with Crippen molar-refractivity contribution in [2.75, 3.05) is 6.54 Å². The molecule has 1 N–H and O–H groups in total. The summed E-state index contributed by atoms with van der Waals surface area (Å²) in [6.07, 6.45) is 1.74. The molecule has 0 atom stereocenters. The minimum Gasteiger partial charge on any atom is -0.310 e. The highest BCUT2D eigenvalue weighted by molar-refractivity contribution is 6.31. The predicted octanol–water partition coefficient (Wildman–Crippen LogP) is 2.40. The minimum atomic E-state index is 0.651. The van der Waals surface area contributed by atoms with E-state index in [4.69, 9.17) is 11.6 Å². The Kier molecular flexibility index (Phi) is 4.33. The van der Waals surface area contributed by atoms with E-state index < -0.39 is 0 Å². The van der Waals surface area contributed by atoms with Crippen LogP contribution in [0, 0.1) is 6.92 Å². The van der Waals surface area contributed by atoms with Crippen molar-refractivity contribution in [1.82, 2.24) is 20.1 Å². The molecule has 0 saturated heterocycles. The van der Waals surface area contributed by atoms with Gasteiger partial charge in [-0.25, -0.2) is 9.67 Å². The molecule has 1 heterocycles. The van der Waals surface area contributed by atoms with Crippen molar-refractivity contribution in [3.05, 3.63) is 46.5 Å². The van der Waals surface area contributed by atoms with E-state index in [2.05, 4.69) is 28.4 Å². The highest BCUT2D eigenvalue weighted by Gasteiger charge is 2.04. The smallest absolute Gasteiger partial charge is 0.164 e. The average Bonchev–Trinajstić information content (AvgIpc) is 2.78. The highest BCUT2D eigenvalue weighted by Crippen LogP contribution is 2.18. The number of aromatic nitrogens is 3. The van der Waals surface area contributed by atoms with E-state index in [0.29, 0.717) is 13.1 Å². The summed E-state index contributed by atoms with van der Waals surface area (Å²) in [4.78, 5) is 4.24. The molecule has 0 aliphatic carbocycles.